The Hall–Kier alpha value is -1.35. The molecule has 66 valence electrons. The van der Waals surface area contributed by atoms with Crippen molar-refractivity contribution in [2.75, 3.05) is 6.61 Å². The molecule has 1 aromatic rings. The largest absolute Gasteiger partial charge is 0.480 e. The van der Waals surface area contributed by atoms with E-state index >= 15 is 0 Å². The number of carbonyl (C=O) groups is 1. The van der Waals surface area contributed by atoms with Crippen LogP contribution in [-0.2, 0) is 4.79 Å². The van der Waals surface area contributed by atoms with Crippen LogP contribution in [0.3, 0.4) is 0 Å². The van der Waals surface area contributed by atoms with Gasteiger partial charge in [-0.15, -0.1) is 0 Å². The van der Waals surface area contributed by atoms with E-state index in [0.29, 0.717) is 0 Å². The van der Waals surface area contributed by atoms with Crippen molar-refractivity contribution in [3.8, 4) is 0 Å². The quantitative estimate of drug-likeness (QED) is 0.659. The molecule has 0 aliphatic heterocycles. The average molecular weight is 168 g/mol. The summed E-state index contributed by atoms with van der Waals surface area (Å²) in [4.78, 5) is 9.12. The third kappa shape index (κ3) is 6.77. The van der Waals surface area contributed by atoms with E-state index in [0.717, 1.165) is 0 Å². The second-order valence-electron chi connectivity index (χ2n) is 2.21. The molecule has 3 heteroatoms. The highest BCUT2D eigenvalue weighted by Crippen LogP contribution is 1.92. The Morgan fingerprint density at radius 1 is 1.33 bits per heavy atom. The number of aliphatic hydroxyl groups is 1. The molecule has 0 saturated carbocycles. The molecule has 0 aromatic heterocycles. The van der Waals surface area contributed by atoms with Crippen LogP contribution in [0.25, 0.3) is 0 Å². The second-order valence-corrected chi connectivity index (χ2v) is 2.21. The number of aliphatic carboxylic acids is 1. The Morgan fingerprint density at radius 2 is 1.75 bits per heavy atom. The fraction of sp³-hybridized carbons (Fsp3) is 0.222. The summed E-state index contributed by atoms with van der Waals surface area (Å²) in [6.45, 7) is 1.31. The topological polar surface area (TPSA) is 57.5 Å². The van der Waals surface area contributed by atoms with Gasteiger partial charge in [0.05, 0.1) is 0 Å². The molecular formula is C9H12O3. The lowest BCUT2D eigenvalue weighted by molar-refractivity contribution is -0.140. The molecule has 0 amide bonds. The second kappa shape index (κ2) is 6.37. The summed E-state index contributed by atoms with van der Waals surface area (Å²) in [5.41, 5.74) is 1.32. The maximum absolute atomic E-state index is 9.12. The summed E-state index contributed by atoms with van der Waals surface area (Å²) in [7, 11) is 0. The number of carboxylic acid groups (broad SMARTS) is 1. The van der Waals surface area contributed by atoms with Gasteiger partial charge in [-0.1, -0.05) is 35.9 Å². The average Bonchev–Trinajstić information content (AvgIpc) is 2.07. The maximum atomic E-state index is 9.12. The molecule has 0 fully saturated rings. The lowest BCUT2D eigenvalue weighted by Gasteiger charge is -1.82. The van der Waals surface area contributed by atoms with Gasteiger partial charge in [0, 0.05) is 0 Å². The molecule has 1 rings (SSSR count). The molecule has 0 spiro atoms. The number of aliphatic hydroxyl groups excluding tert-OH is 1. The molecule has 3 nitrogen and oxygen atoms in total. The summed E-state index contributed by atoms with van der Waals surface area (Å²) in [5, 5.41) is 15.0. The van der Waals surface area contributed by atoms with Crippen molar-refractivity contribution < 1.29 is 15.0 Å². The van der Waals surface area contributed by atoms with Crippen molar-refractivity contribution in [1.82, 2.24) is 0 Å². The van der Waals surface area contributed by atoms with E-state index < -0.39 is 12.6 Å². The highest BCUT2D eigenvalue weighted by molar-refractivity contribution is 5.67. The van der Waals surface area contributed by atoms with E-state index in [9.17, 15) is 0 Å². The summed E-state index contributed by atoms with van der Waals surface area (Å²) in [5.74, 6) is -1.19. The van der Waals surface area contributed by atoms with Crippen LogP contribution in [0.5, 0.6) is 0 Å². The van der Waals surface area contributed by atoms with Gasteiger partial charge in [0.25, 0.3) is 0 Å². The van der Waals surface area contributed by atoms with Gasteiger partial charge >= 0.3 is 5.97 Å². The van der Waals surface area contributed by atoms with Crippen LogP contribution in [0, 0.1) is 6.92 Å². The van der Waals surface area contributed by atoms with Gasteiger partial charge in [-0.2, -0.15) is 0 Å². The Kier molecular flexibility index (Phi) is 5.65. The fourth-order valence-corrected chi connectivity index (χ4v) is 0.534. The number of rotatable bonds is 1. The van der Waals surface area contributed by atoms with E-state index in [1.165, 1.54) is 5.56 Å². The van der Waals surface area contributed by atoms with Crippen LogP contribution in [0.15, 0.2) is 30.3 Å². The van der Waals surface area contributed by atoms with Crippen LogP contribution in [0.1, 0.15) is 5.56 Å². The zero-order valence-corrected chi connectivity index (χ0v) is 6.90. The lowest BCUT2D eigenvalue weighted by atomic mass is 10.2. The van der Waals surface area contributed by atoms with Gasteiger partial charge in [-0.25, -0.2) is 4.79 Å². The maximum Gasteiger partial charge on any atom is 0.329 e. The summed E-state index contributed by atoms with van der Waals surface area (Å²) in [6, 6.07) is 10.3. The Bertz CT molecular complexity index is 218. The Morgan fingerprint density at radius 3 is 1.92 bits per heavy atom. The zero-order chi connectivity index (χ0) is 9.40. The number of hydrogen-bond acceptors (Lipinski definition) is 2. The minimum atomic E-state index is -1.19. The number of benzene rings is 1. The Balaban J connectivity index is 0.000000217. The highest BCUT2D eigenvalue weighted by atomic mass is 16.4. The first kappa shape index (κ1) is 10.7. The van der Waals surface area contributed by atoms with Crippen LogP contribution in [-0.4, -0.2) is 22.8 Å². The SMILES string of the molecule is Cc1ccccc1.O=C(O)CO. The molecule has 0 unspecified atom stereocenters. The molecule has 1 aromatic carbocycles. The molecule has 0 aliphatic rings. The molecule has 0 aliphatic carbocycles. The molecule has 0 radical (unpaired) electrons. The zero-order valence-electron chi connectivity index (χ0n) is 6.90. The van der Waals surface area contributed by atoms with Crippen molar-refractivity contribution >= 4 is 5.97 Å². The predicted molar refractivity (Wildman–Crippen MR) is 45.9 cm³/mol. The van der Waals surface area contributed by atoms with Gasteiger partial charge in [0.15, 0.2) is 0 Å². The van der Waals surface area contributed by atoms with Crippen molar-refractivity contribution in [2.45, 2.75) is 6.92 Å². The first-order valence-electron chi connectivity index (χ1n) is 3.51. The molecule has 2 N–H and O–H groups in total. The molecule has 0 heterocycles. The highest BCUT2D eigenvalue weighted by Gasteiger charge is 1.82. The molecule has 0 saturated heterocycles. The van der Waals surface area contributed by atoms with E-state index in [2.05, 4.69) is 19.1 Å². The summed E-state index contributed by atoms with van der Waals surface area (Å²) < 4.78 is 0. The van der Waals surface area contributed by atoms with Crippen LogP contribution in [0.4, 0.5) is 0 Å². The lowest BCUT2D eigenvalue weighted by Crippen LogP contribution is -1.98. The Labute approximate surface area is 71.3 Å². The van der Waals surface area contributed by atoms with Gasteiger partial charge in [-0.05, 0) is 6.92 Å². The van der Waals surface area contributed by atoms with E-state index in [-0.39, 0.29) is 0 Å². The fourth-order valence-electron chi connectivity index (χ4n) is 0.534. The van der Waals surface area contributed by atoms with Crippen LogP contribution < -0.4 is 0 Å². The number of carboxylic acids is 1. The molecule has 12 heavy (non-hydrogen) atoms. The van der Waals surface area contributed by atoms with E-state index in [1.54, 1.807) is 0 Å². The standard InChI is InChI=1S/C7H8.C2H4O3/c1-7-5-3-2-4-6-7;3-1-2(4)5/h2-6H,1H3;3H,1H2,(H,4,5). The molecule has 0 bridgehead atoms. The van der Waals surface area contributed by atoms with Gasteiger partial charge in [0.2, 0.25) is 0 Å². The number of hydrogen-bond donors (Lipinski definition) is 2. The van der Waals surface area contributed by atoms with Crippen molar-refractivity contribution in [1.29, 1.82) is 0 Å². The molecule has 0 atom stereocenters. The summed E-state index contributed by atoms with van der Waals surface area (Å²) in [6.07, 6.45) is 0. The first-order chi connectivity index (χ1) is 5.66. The smallest absolute Gasteiger partial charge is 0.329 e. The third-order valence-electron chi connectivity index (χ3n) is 1.08. The van der Waals surface area contributed by atoms with Crippen molar-refractivity contribution in [3.05, 3.63) is 35.9 Å². The normalized spacial score (nSPS) is 8.17. The van der Waals surface area contributed by atoms with E-state index in [4.69, 9.17) is 15.0 Å². The minimum Gasteiger partial charge on any atom is -0.480 e. The number of aryl methyl sites for hydroxylation is 1. The third-order valence-corrected chi connectivity index (χ3v) is 1.08. The summed E-state index contributed by atoms with van der Waals surface area (Å²) >= 11 is 0. The van der Waals surface area contributed by atoms with Gasteiger partial charge in [0.1, 0.15) is 6.61 Å². The van der Waals surface area contributed by atoms with Crippen molar-refractivity contribution in [3.63, 3.8) is 0 Å². The first-order valence-corrected chi connectivity index (χ1v) is 3.51. The predicted octanol–water partition coefficient (Wildman–Crippen LogP) is 1.06. The van der Waals surface area contributed by atoms with Crippen LogP contribution in [0.2, 0.25) is 0 Å². The van der Waals surface area contributed by atoms with Crippen LogP contribution >= 0.6 is 0 Å². The van der Waals surface area contributed by atoms with Crippen molar-refractivity contribution in [2.24, 2.45) is 0 Å². The van der Waals surface area contributed by atoms with E-state index in [1.807, 2.05) is 18.2 Å². The monoisotopic (exact) mass is 168 g/mol. The minimum absolute atomic E-state index is 0.778. The van der Waals surface area contributed by atoms with Gasteiger partial charge in [-0.3, -0.25) is 0 Å². The van der Waals surface area contributed by atoms with Gasteiger partial charge < -0.3 is 10.2 Å². The molecular weight excluding hydrogens is 156 g/mol.